The summed E-state index contributed by atoms with van der Waals surface area (Å²) >= 11 is 0. The normalized spacial score (nSPS) is 9.11. The van der Waals surface area contributed by atoms with Crippen LogP contribution >= 0.6 is 0 Å². The Hall–Kier alpha value is -3.44. The molecule has 28 heavy (non-hydrogen) atoms. The molecule has 0 aliphatic heterocycles. The standard InChI is InChI=1S/3C5H6N2O2.Fe/c3*1-4-2-3-7(9)5(8)6-4;/h3*2-3,9H,1H3;/q;;;+3. The van der Waals surface area contributed by atoms with Gasteiger partial charge in [0, 0.05) is 17.1 Å². The smallest absolute Gasteiger partial charge is 0.424 e. The van der Waals surface area contributed by atoms with E-state index in [1.54, 1.807) is 39.0 Å². The van der Waals surface area contributed by atoms with Gasteiger partial charge < -0.3 is 15.6 Å². The Balaban J connectivity index is 0.000000384. The molecular weight excluding hydrogens is 416 g/mol. The van der Waals surface area contributed by atoms with Gasteiger partial charge in [-0.2, -0.15) is 15.0 Å². The molecule has 13 heteroatoms. The van der Waals surface area contributed by atoms with Crippen LogP contribution in [0.15, 0.2) is 51.2 Å². The maximum absolute atomic E-state index is 10.4. The molecule has 0 aliphatic rings. The molecule has 0 fully saturated rings. The van der Waals surface area contributed by atoms with Crippen LogP contribution in [-0.4, -0.2) is 44.8 Å². The number of hydrogen-bond acceptors (Lipinski definition) is 9. The van der Waals surface area contributed by atoms with Gasteiger partial charge in [-0.3, -0.25) is 0 Å². The summed E-state index contributed by atoms with van der Waals surface area (Å²) in [5.41, 5.74) is -0.124. The Morgan fingerprint density at radius 1 is 0.607 bits per heavy atom. The maximum atomic E-state index is 10.4. The summed E-state index contributed by atoms with van der Waals surface area (Å²) < 4.78 is 1.31. The summed E-state index contributed by atoms with van der Waals surface area (Å²) in [5, 5.41) is 25.8. The largest absolute Gasteiger partial charge is 3.00 e. The van der Waals surface area contributed by atoms with Crippen molar-refractivity contribution < 1.29 is 32.7 Å². The molecule has 0 aliphatic carbocycles. The molecule has 0 aromatic carbocycles. The van der Waals surface area contributed by atoms with Crippen molar-refractivity contribution in [2.75, 3.05) is 0 Å². The van der Waals surface area contributed by atoms with Gasteiger partial charge in [0.05, 0.1) is 18.6 Å². The molecule has 1 radical (unpaired) electrons. The fourth-order valence-corrected chi connectivity index (χ4v) is 1.44. The van der Waals surface area contributed by atoms with E-state index in [4.69, 9.17) is 15.6 Å². The zero-order valence-corrected chi connectivity index (χ0v) is 16.2. The van der Waals surface area contributed by atoms with Crippen molar-refractivity contribution in [3.05, 3.63) is 85.3 Å². The van der Waals surface area contributed by atoms with Gasteiger partial charge in [0.1, 0.15) is 0 Å². The molecule has 0 amide bonds. The van der Waals surface area contributed by atoms with Crippen LogP contribution in [-0.2, 0) is 17.1 Å². The Morgan fingerprint density at radius 3 is 0.964 bits per heavy atom. The predicted molar refractivity (Wildman–Crippen MR) is 91.3 cm³/mol. The first-order valence-corrected chi connectivity index (χ1v) is 7.37. The molecule has 3 rings (SSSR count). The van der Waals surface area contributed by atoms with Crippen LogP contribution in [0.2, 0.25) is 0 Å². The van der Waals surface area contributed by atoms with Crippen molar-refractivity contribution in [3.63, 3.8) is 0 Å². The average molecular weight is 434 g/mol. The molecule has 0 saturated carbocycles. The molecule has 0 saturated heterocycles. The summed E-state index contributed by atoms with van der Waals surface area (Å²) in [6, 6.07) is 4.63. The average Bonchev–Trinajstić information content (AvgIpc) is 2.60. The first kappa shape index (κ1) is 24.6. The van der Waals surface area contributed by atoms with E-state index in [0.29, 0.717) is 31.3 Å². The van der Waals surface area contributed by atoms with Crippen molar-refractivity contribution in [3.8, 4) is 0 Å². The second-order valence-electron chi connectivity index (χ2n) is 5.09. The van der Waals surface area contributed by atoms with Gasteiger partial charge in [-0.1, -0.05) is 0 Å². The van der Waals surface area contributed by atoms with Crippen LogP contribution in [0.25, 0.3) is 0 Å². The Morgan fingerprint density at radius 2 is 0.821 bits per heavy atom. The third kappa shape index (κ3) is 8.29. The van der Waals surface area contributed by atoms with E-state index < -0.39 is 17.1 Å². The van der Waals surface area contributed by atoms with Crippen LogP contribution in [0, 0.1) is 20.8 Å². The molecule has 0 bridgehead atoms. The minimum Gasteiger partial charge on any atom is -0.424 e. The van der Waals surface area contributed by atoms with Crippen LogP contribution in [0.1, 0.15) is 17.1 Å². The molecule has 149 valence electrons. The Kier molecular flexibility index (Phi) is 9.92. The number of hydrogen-bond donors (Lipinski definition) is 3. The Labute approximate surface area is 168 Å². The summed E-state index contributed by atoms with van der Waals surface area (Å²) in [6.45, 7) is 5.05. The van der Waals surface area contributed by atoms with Crippen molar-refractivity contribution in [2.45, 2.75) is 20.8 Å². The van der Waals surface area contributed by atoms with Crippen LogP contribution < -0.4 is 17.1 Å². The summed E-state index contributed by atoms with van der Waals surface area (Å²) in [6.07, 6.45) is 3.76. The third-order valence-electron chi connectivity index (χ3n) is 2.77. The third-order valence-corrected chi connectivity index (χ3v) is 2.77. The molecule has 0 atom stereocenters. The second kappa shape index (κ2) is 11.3. The van der Waals surface area contributed by atoms with Gasteiger partial charge in [0.2, 0.25) is 0 Å². The minimum absolute atomic E-state index is 0. The topological polar surface area (TPSA) is 165 Å². The molecule has 12 nitrogen and oxygen atoms in total. The summed E-state index contributed by atoms with van der Waals surface area (Å²) in [5.74, 6) is 0. The van der Waals surface area contributed by atoms with Gasteiger partial charge in [0.15, 0.2) is 0 Å². The van der Waals surface area contributed by atoms with E-state index in [9.17, 15) is 14.4 Å². The Bertz CT molecular complexity index is 941. The molecule has 3 N–H and O–H groups in total. The van der Waals surface area contributed by atoms with E-state index in [-0.39, 0.29) is 17.1 Å². The van der Waals surface area contributed by atoms with Crippen molar-refractivity contribution >= 4 is 0 Å². The van der Waals surface area contributed by atoms with Gasteiger partial charge >= 0.3 is 34.1 Å². The van der Waals surface area contributed by atoms with E-state index in [0.717, 1.165) is 0 Å². The SMILES string of the molecule is Cc1ccn(O)c(=O)n1.Cc1ccn(O)c(=O)n1.Cc1ccn(O)c(=O)n1.[Fe+3]. The van der Waals surface area contributed by atoms with Gasteiger partial charge in [-0.15, -0.1) is 14.2 Å². The zero-order chi connectivity index (χ0) is 20.6. The molecule has 0 unspecified atom stereocenters. The van der Waals surface area contributed by atoms with E-state index in [2.05, 4.69) is 15.0 Å². The van der Waals surface area contributed by atoms with Gasteiger partial charge in [-0.25, -0.2) is 14.4 Å². The summed E-state index contributed by atoms with van der Waals surface area (Å²) in [4.78, 5) is 41.6. The minimum atomic E-state index is -0.644. The van der Waals surface area contributed by atoms with Crippen LogP contribution in [0.3, 0.4) is 0 Å². The number of aromatic nitrogens is 6. The van der Waals surface area contributed by atoms with Crippen molar-refractivity contribution in [1.82, 2.24) is 29.1 Å². The number of aryl methyl sites for hydroxylation is 3. The number of rotatable bonds is 0. The van der Waals surface area contributed by atoms with E-state index in [1.165, 1.54) is 18.6 Å². The van der Waals surface area contributed by atoms with Crippen LogP contribution in [0.4, 0.5) is 0 Å². The predicted octanol–water partition coefficient (Wildman–Crippen LogP) is -0.635. The molecule has 3 aromatic heterocycles. The van der Waals surface area contributed by atoms with Crippen LogP contribution in [0.5, 0.6) is 0 Å². The second-order valence-corrected chi connectivity index (χ2v) is 5.09. The first-order valence-electron chi connectivity index (χ1n) is 7.37. The maximum Gasteiger partial charge on any atom is 3.00 e. The fourth-order valence-electron chi connectivity index (χ4n) is 1.44. The van der Waals surface area contributed by atoms with Crippen molar-refractivity contribution in [2.24, 2.45) is 0 Å². The first-order chi connectivity index (χ1) is 12.6. The van der Waals surface area contributed by atoms with E-state index in [1.807, 2.05) is 0 Å². The fraction of sp³-hybridized carbons (Fsp3) is 0.200. The van der Waals surface area contributed by atoms with Crippen molar-refractivity contribution in [1.29, 1.82) is 0 Å². The van der Waals surface area contributed by atoms with E-state index >= 15 is 0 Å². The van der Waals surface area contributed by atoms with Gasteiger partial charge in [0.25, 0.3) is 0 Å². The molecule has 3 heterocycles. The molecular formula is C15H18FeN6O6+3. The monoisotopic (exact) mass is 434 g/mol. The summed E-state index contributed by atoms with van der Waals surface area (Å²) in [7, 11) is 0. The zero-order valence-electron chi connectivity index (χ0n) is 15.1. The molecule has 0 spiro atoms. The van der Waals surface area contributed by atoms with Gasteiger partial charge in [-0.05, 0) is 39.0 Å². The quantitative estimate of drug-likeness (QED) is 0.308. The molecule has 3 aromatic rings. The number of nitrogens with zero attached hydrogens (tertiary/aromatic N) is 6.